The lowest BCUT2D eigenvalue weighted by molar-refractivity contribution is 0.208. The summed E-state index contributed by atoms with van der Waals surface area (Å²) in [6, 6.07) is 11.3. The lowest BCUT2D eigenvalue weighted by atomic mass is 10.0. The second-order valence-corrected chi connectivity index (χ2v) is 3.85. The molecule has 0 fully saturated rings. The van der Waals surface area contributed by atoms with E-state index in [2.05, 4.69) is 4.98 Å². The normalized spacial score (nSPS) is 12.2. The van der Waals surface area contributed by atoms with Gasteiger partial charge in [0.05, 0.1) is 7.11 Å². The average molecular weight is 229 g/mol. The van der Waals surface area contributed by atoms with Crippen molar-refractivity contribution in [2.75, 3.05) is 7.11 Å². The minimum absolute atomic E-state index is 0.546. The molecule has 0 aliphatic heterocycles. The van der Waals surface area contributed by atoms with E-state index in [4.69, 9.17) is 4.74 Å². The molecule has 88 valence electrons. The molecule has 0 spiro atoms. The molecular weight excluding hydrogens is 214 g/mol. The van der Waals surface area contributed by atoms with E-state index in [0.29, 0.717) is 11.4 Å². The molecule has 3 nitrogen and oxygen atoms in total. The maximum atomic E-state index is 10.3. The Balaban J connectivity index is 2.44. The van der Waals surface area contributed by atoms with Crippen molar-refractivity contribution in [1.82, 2.24) is 4.98 Å². The van der Waals surface area contributed by atoms with Gasteiger partial charge in [-0.15, -0.1) is 0 Å². The highest BCUT2D eigenvalue weighted by Crippen LogP contribution is 2.29. The van der Waals surface area contributed by atoms with Gasteiger partial charge in [0.1, 0.15) is 17.5 Å². The van der Waals surface area contributed by atoms with E-state index in [1.807, 2.05) is 31.2 Å². The highest BCUT2D eigenvalue weighted by Gasteiger charge is 2.17. The van der Waals surface area contributed by atoms with Crippen molar-refractivity contribution < 1.29 is 9.84 Å². The largest absolute Gasteiger partial charge is 0.495 e. The molecule has 1 N–H and O–H groups in total. The molecule has 1 aromatic carbocycles. The molecule has 1 aromatic heterocycles. The predicted octanol–water partition coefficient (Wildman–Crippen LogP) is 2.48. The Morgan fingerprint density at radius 2 is 1.94 bits per heavy atom. The Hall–Kier alpha value is -1.87. The number of methoxy groups -OCH3 is 1. The molecule has 0 bridgehead atoms. The van der Waals surface area contributed by atoms with Gasteiger partial charge in [-0.25, -0.2) is 0 Å². The molecule has 1 heterocycles. The Morgan fingerprint density at radius 3 is 2.65 bits per heavy atom. The standard InChI is InChI=1S/C14H15NO2/c1-10-6-3-4-7-11(10)14(16)13-12(17-2)8-5-9-15-13/h3-9,14,16H,1-2H3. The van der Waals surface area contributed by atoms with Crippen LogP contribution in [0.4, 0.5) is 0 Å². The van der Waals surface area contributed by atoms with Crippen LogP contribution in [0.5, 0.6) is 5.75 Å². The summed E-state index contributed by atoms with van der Waals surface area (Å²) in [5.74, 6) is 0.600. The number of hydrogen-bond acceptors (Lipinski definition) is 3. The van der Waals surface area contributed by atoms with Crippen molar-refractivity contribution in [2.45, 2.75) is 13.0 Å². The van der Waals surface area contributed by atoms with Gasteiger partial charge in [0.15, 0.2) is 0 Å². The quantitative estimate of drug-likeness (QED) is 0.879. The Labute approximate surface area is 101 Å². The number of benzene rings is 1. The third kappa shape index (κ3) is 2.29. The lowest BCUT2D eigenvalue weighted by Gasteiger charge is -2.15. The summed E-state index contributed by atoms with van der Waals surface area (Å²) in [5.41, 5.74) is 2.43. The van der Waals surface area contributed by atoms with Gasteiger partial charge in [0.2, 0.25) is 0 Å². The van der Waals surface area contributed by atoms with Gasteiger partial charge in [-0.05, 0) is 30.2 Å². The molecular formula is C14H15NO2. The summed E-state index contributed by atoms with van der Waals surface area (Å²) in [6.45, 7) is 1.97. The summed E-state index contributed by atoms with van der Waals surface area (Å²) in [4.78, 5) is 4.19. The van der Waals surface area contributed by atoms with Gasteiger partial charge in [0, 0.05) is 6.20 Å². The van der Waals surface area contributed by atoms with Crippen LogP contribution in [0.1, 0.15) is 22.9 Å². The maximum Gasteiger partial charge on any atom is 0.143 e. The molecule has 1 atom stereocenters. The Bertz CT molecular complexity index is 511. The number of aliphatic hydroxyl groups excluding tert-OH is 1. The maximum absolute atomic E-state index is 10.3. The highest BCUT2D eigenvalue weighted by atomic mass is 16.5. The number of aliphatic hydroxyl groups is 1. The van der Waals surface area contributed by atoms with Crippen LogP contribution < -0.4 is 4.74 Å². The van der Waals surface area contributed by atoms with Gasteiger partial charge >= 0.3 is 0 Å². The third-order valence-corrected chi connectivity index (χ3v) is 2.76. The molecule has 3 heteroatoms. The predicted molar refractivity (Wildman–Crippen MR) is 66.0 cm³/mol. The van der Waals surface area contributed by atoms with Crippen molar-refractivity contribution in [3.05, 3.63) is 59.4 Å². The zero-order chi connectivity index (χ0) is 12.3. The number of hydrogen-bond donors (Lipinski definition) is 1. The van der Waals surface area contributed by atoms with Gasteiger partial charge in [0.25, 0.3) is 0 Å². The Kier molecular flexibility index (Phi) is 3.40. The summed E-state index contributed by atoms with van der Waals surface area (Å²) in [5, 5.41) is 10.3. The first-order valence-corrected chi connectivity index (χ1v) is 5.46. The molecule has 0 amide bonds. The molecule has 2 rings (SSSR count). The minimum atomic E-state index is -0.757. The number of aryl methyl sites for hydroxylation is 1. The van der Waals surface area contributed by atoms with E-state index >= 15 is 0 Å². The van der Waals surface area contributed by atoms with E-state index in [9.17, 15) is 5.11 Å². The fourth-order valence-electron chi connectivity index (χ4n) is 1.82. The zero-order valence-electron chi connectivity index (χ0n) is 9.92. The van der Waals surface area contributed by atoms with Crippen LogP contribution in [0.3, 0.4) is 0 Å². The number of pyridine rings is 1. The topological polar surface area (TPSA) is 42.4 Å². The lowest BCUT2D eigenvalue weighted by Crippen LogP contribution is -2.06. The summed E-state index contributed by atoms with van der Waals surface area (Å²) in [6.07, 6.45) is 0.895. The first-order valence-electron chi connectivity index (χ1n) is 5.46. The van der Waals surface area contributed by atoms with Crippen molar-refractivity contribution in [3.8, 4) is 5.75 Å². The fourth-order valence-corrected chi connectivity index (χ4v) is 1.82. The SMILES string of the molecule is COc1cccnc1C(O)c1ccccc1C. The van der Waals surface area contributed by atoms with Crippen LogP contribution in [0, 0.1) is 6.92 Å². The van der Waals surface area contributed by atoms with Crippen LogP contribution in [0.15, 0.2) is 42.6 Å². The van der Waals surface area contributed by atoms with E-state index < -0.39 is 6.10 Å². The molecule has 1 unspecified atom stereocenters. The van der Waals surface area contributed by atoms with Gasteiger partial charge in [-0.2, -0.15) is 0 Å². The highest BCUT2D eigenvalue weighted by molar-refractivity contribution is 5.38. The molecule has 2 aromatic rings. The molecule has 0 saturated heterocycles. The molecule has 17 heavy (non-hydrogen) atoms. The van der Waals surface area contributed by atoms with Crippen molar-refractivity contribution in [2.24, 2.45) is 0 Å². The average Bonchev–Trinajstić information content (AvgIpc) is 2.38. The number of aromatic nitrogens is 1. The summed E-state index contributed by atoms with van der Waals surface area (Å²) >= 11 is 0. The minimum Gasteiger partial charge on any atom is -0.495 e. The zero-order valence-corrected chi connectivity index (χ0v) is 9.92. The van der Waals surface area contributed by atoms with Gasteiger partial charge in [-0.1, -0.05) is 24.3 Å². The first-order chi connectivity index (χ1) is 8.24. The molecule has 0 saturated carbocycles. The van der Waals surface area contributed by atoms with Crippen LogP contribution >= 0.6 is 0 Å². The van der Waals surface area contributed by atoms with Crippen LogP contribution in [-0.2, 0) is 0 Å². The van der Waals surface area contributed by atoms with Crippen LogP contribution in [0.25, 0.3) is 0 Å². The molecule has 0 radical (unpaired) electrons. The van der Waals surface area contributed by atoms with E-state index in [1.165, 1.54) is 0 Å². The first kappa shape index (κ1) is 11.6. The van der Waals surface area contributed by atoms with E-state index in [0.717, 1.165) is 11.1 Å². The smallest absolute Gasteiger partial charge is 0.143 e. The van der Waals surface area contributed by atoms with Crippen LogP contribution in [-0.4, -0.2) is 17.2 Å². The summed E-state index contributed by atoms with van der Waals surface area (Å²) in [7, 11) is 1.57. The van der Waals surface area contributed by atoms with Crippen LogP contribution in [0.2, 0.25) is 0 Å². The van der Waals surface area contributed by atoms with E-state index in [1.54, 1.807) is 25.4 Å². The van der Waals surface area contributed by atoms with E-state index in [-0.39, 0.29) is 0 Å². The van der Waals surface area contributed by atoms with Crippen molar-refractivity contribution in [3.63, 3.8) is 0 Å². The van der Waals surface area contributed by atoms with Gasteiger partial charge < -0.3 is 9.84 Å². The number of nitrogens with zero attached hydrogens (tertiary/aromatic N) is 1. The number of rotatable bonds is 3. The van der Waals surface area contributed by atoms with Crippen molar-refractivity contribution in [1.29, 1.82) is 0 Å². The molecule has 0 aliphatic carbocycles. The monoisotopic (exact) mass is 229 g/mol. The second-order valence-electron chi connectivity index (χ2n) is 3.85. The second kappa shape index (κ2) is 4.97. The summed E-state index contributed by atoms with van der Waals surface area (Å²) < 4.78 is 5.21. The van der Waals surface area contributed by atoms with Gasteiger partial charge in [-0.3, -0.25) is 4.98 Å². The third-order valence-electron chi connectivity index (χ3n) is 2.76. The fraction of sp³-hybridized carbons (Fsp3) is 0.214. The Morgan fingerprint density at radius 1 is 1.18 bits per heavy atom. The molecule has 0 aliphatic rings. The van der Waals surface area contributed by atoms with Crippen molar-refractivity contribution >= 4 is 0 Å². The number of ether oxygens (including phenoxy) is 1.